The molecule has 27 heavy (non-hydrogen) atoms. The average Bonchev–Trinajstić information content (AvgIpc) is 2.69. The first-order valence-electron chi connectivity index (χ1n) is 8.14. The van der Waals surface area contributed by atoms with Crippen molar-refractivity contribution in [2.75, 3.05) is 12.3 Å². The first-order chi connectivity index (χ1) is 13.0. The van der Waals surface area contributed by atoms with Gasteiger partial charge in [0.15, 0.2) is 0 Å². The van der Waals surface area contributed by atoms with E-state index in [2.05, 4.69) is 6.07 Å². The van der Waals surface area contributed by atoms with Crippen LogP contribution in [0.3, 0.4) is 0 Å². The summed E-state index contributed by atoms with van der Waals surface area (Å²) in [7, 11) is 1.50. The van der Waals surface area contributed by atoms with Crippen LogP contribution in [0.1, 0.15) is 16.7 Å². The topological polar surface area (TPSA) is 79.5 Å². The van der Waals surface area contributed by atoms with Crippen LogP contribution in [0, 0.1) is 22.4 Å². The van der Waals surface area contributed by atoms with Crippen molar-refractivity contribution in [3.05, 3.63) is 88.4 Å². The molecule has 3 aromatic carbocycles. The van der Waals surface area contributed by atoms with Crippen LogP contribution in [0.5, 0.6) is 5.75 Å². The summed E-state index contributed by atoms with van der Waals surface area (Å²) in [5.74, 6) is 0.152. The number of benzene rings is 3. The first-order valence-corrected chi connectivity index (χ1v) is 8.14. The molecule has 0 radical (unpaired) electrons. The van der Waals surface area contributed by atoms with E-state index in [0.717, 1.165) is 11.1 Å². The highest BCUT2D eigenvalue weighted by Gasteiger charge is 2.17. The monoisotopic (exact) mass is 363 g/mol. The van der Waals surface area contributed by atoms with Gasteiger partial charge in [0, 0.05) is 5.56 Å². The molecule has 1 N–H and O–H groups in total. The number of hydrogen-bond donors (Lipinski definition) is 1. The van der Waals surface area contributed by atoms with Gasteiger partial charge in [-0.15, -0.1) is 0 Å². The van der Waals surface area contributed by atoms with Gasteiger partial charge < -0.3 is 15.2 Å². The van der Waals surface area contributed by atoms with Crippen molar-refractivity contribution in [1.82, 2.24) is 0 Å². The summed E-state index contributed by atoms with van der Waals surface area (Å²) in [6.07, 6.45) is 0.438. The molecule has 0 atom stereocenters. The van der Waals surface area contributed by atoms with Crippen molar-refractivity contribution < 1.29 is 14.3 Å². The Hall–Kier alpha value is -3.40. The van der Waals surface area contributed by atoms with E-state index >= 15 is 0 Å². The Morgan fingerprint density at radius 1 is 1.15 bits per heavy atom. The standard InChI is InChI=1S/C21H16FN2O3/c1-27-20-10-7-15(11-14-5-8-17(22)9-6-14)19(13-23)21(20)16-3-2-4-18(12-16)24(25)26/h2-10,12,25H,11H2,1H3/q-1. The van der Waals surface area contributed by atoms with E-state index < -0.39 is 0 Å². The van der Waals surface area contributed by atoms with Crippen molar-refractivity contribution in [3.63, 3.8) is 0 Å². The van der Waals surface area contributed by atoms with E-state index in [-0.39, 0.29) is 16.7 Å². The maximum atomic E-state index is 13.1. The van der Waals surface area contributed by atoms with Crippen molar-refractivity contribution in [1.29, 1.82) is 5.26 Å². The Labute approximate surface area is 156 Å². The lowest BCUT2D eigenvalue weighted by Crippen LogP contribution is -2.07. The van der Waals surface area contributed by atoms with Gasteiger partial charge in [-0.1, -0.05) is 30.3 Å². The summed E-state index contributed by atoms with van der Waals surface area (Å²) in [5, 5.41) is 30.0. The van der Waals surface area contributed by atoms with Crippen molar-refractivity contribution in [2.45, 2.75) is 6.42 Å². The minimum absolute atomic E-state index is 0.0439. The molecule has 6 heteroatoms. The van der Waals surface area contributed by atoms with Crippen molar-refractivity contribution >= 4 is 5.69 Å². The first kappa shape index (κ1) is 18.4. The molecule has 0 unspecified atom stereocenters. The molecule has 0 aromatic heterocycles. The van der Waals surface area contributed by atoms with Gasteiger partial charge in [-0.05, 0) is 53.4 Å². The Morgan fingerprint density at radius 2 is 1.89 bits per heavy atom. The molecule has 3 rings (SSSR count). The molecule has 0 aliphatic heterocycles. The predicted molar refractivity (Wildman–Crippen MR) is 100.0 cm³/mol. The van der Waals surface area contributed by atoms with E-state index in [1.807, 2.05) is 0 Å². The highest BCUT2D eigenvalue weighted by molar-refractivity contribution is 5.80. The molecule has 5 nitrogen and oxygen atoms in total. The minimum Gasteiger partial charge on any atom is -0.733 e. The average molecular weight is 363 g/mol. The maximum absolute atomic E-state index is 13.1. The lowest BCUT2D eigenvalue weighted by atomic mass is 9.91. The van der Waals surface area contributed by atoms with Crippen molar-refractivity contribution in [3.8, 4) is 22.9 Å². The molecule has 0 heterocycles. The third-order valence-corrected chi connectivity index (χ3v) is 4.25. The molecule has 0 fully saturated rings. The summed E-state index contributed by atoms with van der Waals surface area (Å²) < 4.78 is 18.5. The fourth-order valence-electron chi connectivity index (χ4n) is 2.96. The number of halogens is 1. The summed E-state index contributed by atoms with van der Waals surface area (Å²) >= 11 is 0. The van der Waals surface area contributed by atoms with Gasteiger partial charge >= 0.3 is 0 Å². The van der Waals surface area contributed by atoms with Crippen molar-refractivity contribution in [2.24, 2.45) is 0 Å². The number of hydrogen-bond acceptors (Lipinski definition) is 5. The fourth-order valence-corrected chi connectivity index (χ4v) is 2.96. The van der Waals surface area contributed by atoms with Crippen LogP contribution in [0.25, 0.3) is 11.1 Å². The van der Waals surface area contributed by atoms with Gasteiger partial charge in [0.1, 0.15) is 17.6 Å². The summed E-state index contributed by atoms with van der Waals surface area (Å²) in [5.41, 5.74) is 3.14. The molecule has 136 valence electrons. The SMILES string of the molecule is COc1ccc(Cc2ccc(F)cc2)c(C#N)c1-c1cccc(N([O-])O)c1. The zero-order chi connectivity index (χ0) is 19.4. The van der Waals surface area contributed by atoms with E-state index in [4.69, 9.17) is 4.74 Å². The Morgan fingerprint density at radius 3 is 2.52 bits per heavy atom. The van der Waals surface area contributed by atoms with Crippen LogP contribution in [-0.2, 0) is 6.42 Å². The van der Waals surface area contributed by atoms with Crippen LogP contribution >= 0.6 is 0 Å². The van der Waals surface area contributed by atoms with Gasteiger partial charge in [0.05, 0.1) is 18.4 Å². The van der Waals surface area contributed by atoms with E-state index in [1.165, 1.54) is 31.4 Å². The zero-order valence-electron chi connectivity index (χ0n) is 14.5. The lowest BCUT2D eigenvalue weighted by Gasteiger charge is -2.22. The largest absolute Gasteiger partial charge is 0.733 e. The third kappa shape index (κ3) is 3.90. The number of anilines is 1. The van der Waals surface area contributed by atoms with Gasteiger partial charge in [0.2, 0.25) is 0 Å². The second-order valence-corrected chi connectivity index (χ2v) is 5.92. The quantitative estimate of drug-likeness (QED) is 0.667. The minimum atomic E-state index is -0.322. The number of nitrogens with zero attached hydrogens (tertiary/aromatic N) is 2. The molecule has 3 aromatic rings. The van der Waals surface area contributed by atoms with Gasteiger partial charge in [0.25, 0.3) is 0 Å². The number of nitriles is 1. The molecular weight excluding hydrogens is 347 g/mol. The Balaban J connectivity index is 2.13. The van der Waals surface area contributed by atoms with Crippen LogP contribution in [0.2, 0.25) is 0 Å². The summed E-state index contributed by atoms with van der Waals surface area (Å²) in [6, 6.07) is 18.1. The van der Waals surface area contributed by atoms with Crippen LogP contribution in [0.15, 0.2) is 60.7 Å². The van der Waals surface area contributed by atoms with E-state index in [9.17, 15) is 20.1 Å². The summed E-state index contributed by atoms with van der Waals surface area (Å²) in [4.78, 5) is 0. The highest BCUT2D eigenvalue weighted by atomic mass is 19.1. The van der Waals surface area contributed by atoms with E-state index in [1.54, 1.807) is 36.4 Å². The molecule has 0 bridgehead atoms. The van der Waals surface area contributed by atoms with Gasteiger partial charge in [-0.25, -0.2) is 4.39 Å². The van der Waals surface area contributed by atoms with Crippen LogP contribution in [0.4, 0.5) is 10.1 Å². The van der Waals surface area contributed by atoms with E-state index in [0.29, 0.717) is 28.9 Å². The smallest absolute Gasteiger partial charge is 0.128 e. The fraction of sp³-hybridized carbons (Fsp3) is 0.0952. The molecular formula is C21H16FN2O3-. The van der Waals surface area contributed by atoms with Crippen LogP contribution < -0.4 is 9.96 Å². The molecule has 0 spiro atoms. The number of rotatable bonds is 5. The molecule has 0 amide bonds. The lowest BCUT2D eigenvalue weighted by molar-refractivity contribution is 0.296. The molecule has 0 aliphatic rings. The second kappa shape index (κ2) is 7.87. The molecule has 0 saturated heterocycles. The second-order valence-electron chi connectivity index (χ2n) is 5.92. The highest BCUT2D eigenvalue weighted by Crippen LogP contribution is 2.37. The normalized spacial score (nSPS) is 10.3. The Bertz CT molecular complexity index is 995. The van der Waals surface area contributed by atoms with Gasteiger partial charge in [-0.3, -0.25) is 5.21 Å². The third-order valence-electron chi connectivity index (χ3n) is 4.25. The van der Waals surface area contributed by atoms with Gasteiger partial charge in [-0.2, -0.15) is 5.26 Å². The zero-order valence-corrected chi connectivity index (χ0v) is 14.5. The Kier molecular flexibility index (Phi) is 5.36. The molecule has 0 saturated carbocycles. The number of ether oxygens (including phenoxy) is 1. The summed E-state index contributed by atoms with van der Waals surface area (Å²) in [6.45, 7) is 0. The van der Waals surface area contributed by atoms with Crippen LogP contribution in [-0.4, -0.2) is 12.3 Å². The molecule has 0 aliphatic carbocycles. The number of methoxy groups -OCH3 is 1. The maximum Gasteiger partial charge on any atom is 0.128 e. The predicted octanol–water partition coefficient (Wildman–Crippen LogP) is 4.66.